The topological polar surface area (TPSA) is 58.6 Å². The maximum atomic E-state index is 10.7. The zero-order valence-electron chi connectivity index (χ0n) is 10.9. The molecule has 1 fully saturated rings. The third kappa shape index (κ3) is 3.94. The summed E-state index contributed by atoms with van der Waals surface area (Å²) in [5.74, 6) is 0.398. The summed E-state index contributed by atoms with van der Waals surface area (Å²) >= 11 is 3.45. The Bertz CT molecular complexity index is 464. The predicted molar refractivity (Wildman–Crippen MR) is 76.5 cm³/mol. The molecule has 0 aliphatic heterocycles. The van der Waals surface area contributed by atoms with Gasteiger partial charge in [0.15, 0.2) is 0 Å². The zero-order valence-corrected chi connectivity index (χ0v) is 12.4. The van der Waals surface area contributed by atoms with E-state index in [9.17, 15) is 4.79 Å². The number of carboxylic acid groups (broad SMARTS) is 1. The van der Waals surface area contributed by atoms with E-state index in [1.165, 1.54) is 0 Å². The van der Waals surface area contributed by atoms with E-state index in [0.29, 0.717) is 5.92 Å². The smallest absolute Gasteiger partial charge is 0.306 e. The number of ether oxygens (including phenoxy) is 1. The van der Waals surface area contributed by atoms with Gasteiger partial charge in [0.1, 0.15) is 5.75 Å². The fraction of sp³-hybridized carbons (Fsp3) is 0.500. The van der Waals surface area contributed by atoms with Crippen molar-refractivity contribution in [3.05, 3.63) is 28.2 Å². The molecule has 19 heavy (non-hydrogen) atoms. The molecule has 2 rings (SSSR count). The Balaban J connectivity index is 1.74. The predicted octanol–water partition coefficient (Wildman–Crippen LogP) is 2.31. The van der Waals surface area contributed by atoms with E-state index in [0.717, 1.165) is 41.7 Å². The van der Waals surface area contributed by atoms with Crippen molar-refractivity contribution in [1.29, 1.82) is 0 Å². The SMILES string of the molecule is COc1ccc(Br)cc1CCNCC1CC1C(=O)O. The number of hydrogen-bond acceptors (Lipinski definition) is 3. The molecule has 1 aromatic carbocycles. The first-order valence-corrected chi connectivity index (χ1v) is 7.17. The lowest BCUT2D eigenvalue weighted by molar-refractivity contribution is -0.138. The second-order valence-corrected chi connectivity index (χ2v) is 5.77. The third-order valence-electron chi connectivity index (χ3n) is 3.46. The minimum absolute atomic E-state index is 0.132. The van der Waals surface area contributed by atoms with E-state index < -0.39 is 5.97 Å². The molecule has 0 heterocycles. The maximum Gasteiger partial charge on any atom is 0.306 e. The molecule has 2 atom stereocenters. The molecular formula is C14H18BrNO3. The number of methoxy groups -OCH3 is 1. The normalized spacial score (nSPS) is 21.2. The van der Waals surface area contributed by atoms with Crippen LogP contribution in [0.4, 0.5) is 0 Å². The summed E-state index contributed by atoms with van der Waals surface area (Å²) in [6.45, 7) is 1.61. The largest absolute Gasteiger partial charge is 0.496 e. The van der Waals surface area contributed by atoms with Gasteiger partial charge in [0.25, 0.3) is 0 Å². The van der Waals surface area contributed by atoms with Gasteiger partial charge in [0, 0.05) is 4.47 Å². The molecule has 1 saturated carbocycles. The van der Waals surface area contributed by atoms with Crippen molar-refractivity contribution in [2.24, 2.45) is 11.8 Å². The summed E-state index contributed by atoms with van der Waals surface area (Å²) < 4.78 is 6.35. The van der Waals surface area contributed by atoms with Crippen LogP contribution in [0, 0.1) is 11.8 Å². The highest BCUT2D eigenvalue weighted by Gasteiger charge is 2.42. The minimum atomic E-state index is -0.666. The summed E-state index contributed by atoms with van der Waals surface area (Å²) in [7, 11) is 1.67. The Morgan fingerprint density at radius 2 is 2.37 bits per heavy atom. The average molecular weight is 328 g/mol. The van der Waals surface area contributed by atoms with E-state index >= 15 is 0 Å². The lowest BCUT2D eigenvalue weighted by Crippen LogP contribution is -2.21. The van der Waals surface area contributed by atoms with Crippen molar-refractivity contribution in [2.75, 3.05) is 20.2 Å². The van der Waals surface area contributed by atoms with Crippen molar-refractivity contribution in [3.63, 3.8) is 0 Å². The number of rotatable bonds is 7. The van der Waals surface area contributed by atoms with Gasteiger partial charge >= 0.3 is 5.97 Å². The molecule has 1 aliphatic rings. The van der Waals surface area contributed by atoms with Crippen LogP contribution in [0.3, 0.4) is 0 Å². The quantitative estimate of drug-likeness (QED) is 0.754. The van der Waals surface area contributed by atoms with E-state index in [2.05, 4.69) is 27.3 Å². The molecular weight excluding hydrogens is 310 g/mol. The van der Waals surface area contributed by atoms with E-state index in [1.807, 2.05) is 12.1 Å². The zero-order chi connectivity index (χ0) is 13.8. The summed E-state index contributed by atoms with van der Waals surface area (Å²) in [6.07, 6.45) is 1.68. The highest BCUT2D eigenvalue weighted by molar-refractivity contribution is 9.10. The van der Waals surface area contributed by atoms with Gasteiger partial charge in [-0.15, -0.1) is 0 Å². The second-order valence-electron chi connectivity index (χ2n) is 4.85. The molecule has 0 amide bonds. The van der Waals surface area contributed by atoms with Crippen LogP contribution < -0.4 is 10.1 Å². The molecule has 0 spiro atoms. The van der Waals surface area contributed by atoms with Crippen LogP contribution in [0.25, 0.3) is 0 Å². The number of halogens is 1. The van der Waals surface area contributed by atoms with E-state index in [1.54, 1.807) is 7.11 Å². The molecule has 2 unspecified atom stereocenters. The number of hydrogen-bond donors (Lipinski definition) is 2. The highest BCUT2D eigenvalue weighted by atomic mass is 79.9. The number of aliphatic carboxylic acids is 1. The van der Waals surface area contributed by atoms with Crippen LogP contribution in [0.5, 0.6) is 5.75 Å². The number of nitrogens with one attached hydrogen (secondary N) is 1. The van der Waals surface area contributed by atoms with E-state index in [-0.39, 0.29) is 5.92 Å². The van der Waals surface area contributed by atoms with Crippen molar-refractivity contribution in [3.8, 4) is 5.75 Å². The fourth-order valence-electron chi connectivity index (χ4n) is 2.23. The monoisotopic (exact) mass is 327 g/mol. The number of carbonyl (C=O) groups is 1. The second kappa shape index (κ2) is 6.39. The third-order valence-corrected chi connectivity index (χ3v) is 3.95. The van der Waals surface area contributed by atoms with Gasteiger partial charge in [0.2, 0.25) is 0 Å². The van der Waals surface area contributed by atoms with Crippen molar-refractivity contribution >= 4 is 21.9 Å². The molecule has 0 radical (unpaired) electrons. The number of carboxylic acids is 1. The first-order chi connectivity index (χ1) is 9.11. The molecule has 0 bridgehead atoms. The van der Waals surface area contributed by atoms with Gasteiger partial charge in [-0.3, -0.25) is 4.79 Å². The van der Waals surface area contributed by atoms with Gasteiger partial charge in [-0.2, -0.15) is 0 Å². The molecule has 1 aliphatic carbocycles. The van der Waals surface area contributed by atoms with Crippen LogP contribution in [0.2, 0.25) is 0 Å². The van der Waals surface area contributed by atoms with Crippen molar-refractivity contribution in [2.45, 2.75) is 12.8 Å². The van der Waals surface area contributed by atoms with Gasteiger partial charge in [-0.1, -0.05) is 15.9 Å². The lowest BCUT2D eigenvalue weighted by Gasteiger charge is -2.09. The van der Waals surface area contributed by atoms with Crippen LogP contribution >= 0.6 is 15.9 Å². The van der Waals surface area contributed by atoms with E-state index in [4.69, 9.17) is 9.84 Å². The van der Waals surface area contributed by atoms with Crippen LogP contribution in [-0.4, -0.2) is 31.3 Å². The Hall–Kier alpha value is -1.07. The Labute approximate surface area is 121 Å². The summed E-state index contributed by atoms with van der Waals surface area (Å²) in [5.41, 5.74) is 1.15. The Kier molecular flexibility index (Phi) is 4.82. The standard InChI is InChI=1S/C14H18BrNO3/c1-19-13-3-2-11(15)6-9(13)4-5-16-8-10-7-12(10)14(17)18/h2-3,6,10,12,16H,4-5,7-8H2,1H3,(H,17,18). The molecule has 0 aromatic heterocycles. The Morgan fingerprint density at radius 1 is 1.58 bits per heavy atom. The van der Waals surface area contributed by atoms with Gasteiger partial charge in [-0.05, 0) is 55.6 Å². The highest BCUT2D eigenvalue weighted by Crippen LogP contribution is 2.37. The molecule has 0 saturated heterocycles. The molecule has 5 heteroatoms. The molecule has 4 nitrogen and oxygen atoms in total. The Morgan fingerprint density at radius 3 is 3.00 bits per heavy atom. The lowest BCUT2D eigenvalue weighted by atomic mass is 10.1. The van der Waals surface area contributed by atoms with Gasteiger partial charge < -0.3 is 15.2 Å². The average Bonchev–Trinajstić information content (AvgIpc) is 3.14. The summed E-state index contributed by atoms with van der Waals surface area (Å²) in [4.78, 5) is 10.7. The first kappa shape index (κ1) is 14.3. The summed E-state index contributed by atoms with van der Waals surface area (Å²) in [6, 6.07) is 5.95. The first-order valence-electron chi connectivity index (χ1n) is 6.37. The van der Waals surface area contributed by atoms with Crippen molar-refractivity contribution < 1.29 is 14.6 Å². The van der Waals surface area contributed by atoms with Crippen LogP contribution in [0.15, 0.2) is 22.7 Å². The molecule has 2 N–H and O–H groups in total. The van der Waals surface area contributed by atoms with Gasteiger partial charge in [0.05, 0.1) is 13.0 Å². The fourth-order valence-corrected chi connectivity index (χ4v) is 2.64. The van der Waals surface area contributed by atoms with Crippen LogP contribution in [-0.2, 0) is 11.2 Å². The van der Waals surface area contributed by atoms with Crippen molar-refractivity contribution in [1.82, 2.24) is 5.32 Å². The minimum Gasteiger partial charge on any atom is -0.496 e. The number of benzene rings is 1. The van der Waals surface area contributed by atoms with Gasteiger partial charge in [-0.25, -0.2) is 0 Å². The summed E-state index contributed by atoms with van der Waals surface area (Å²) in [5, 5.41) is 12.1. The van der Waals surface area contributed by atoms with Crippen LogP contribution in [0.1, 0.15) is 12.0 Å². The molecule has 104 valence electrons. The molecule has 1 aromatic rings. The maximum absolute atomic E-state index is 10.7.